The number of aromatic amines is 2. The molecule has 0 unspecified atom stereocenters. The average molecular weight is 534 g/mol. The van der Waals surface area contributed by atoms with E-state index in [4.69, 9.17) is 10.4 Å². The second-order valence-corrected chi connectivity index (χ2v) is 10.6. The first kappa shape index (κ1) is 24.6. The molecule has 36 heavy (non-hydrogen) atoms. The molecule has 0 atom stereocenters. The van der Waals surface area contributed by atoms with Gasteiger partial charge in [0.25, 0.3) is 11.8 Å². The molecule has 0 bridgehead atoms. The highest BCUT2D eigenvalue weighted by molar-refractivity contribution is 7.91. The van der Waals surface area contributed by atoms with Crippen LogP contribution in [0.3, 0.4) is 0 Å². The zero-order valence-electron chi connectivity index (χ0n) is 17.6. The molecule has 4 rings (SSSR count). The number of carbonyl (C=O) groups excluding carboxylic acids is 2. The lowest BCUT2D eigenvalue weighted by Crippen LogP contribution is -2.22. The van der Waals surface area contributed by atoms with E-state index >= 15 is 0 Å². The van der Waals surface area contributed by atoms with Crippen molar-refractivity contribution < 1.29 is 36.8 Å². The van der Waals surface area contributed by atoms with Gasteiger partial charge in [0, 0.05) is 0 Å². The molecule has 0 saturated carbocycles. The van der Waals surface area contributed by atoms with Crippen molar-refractivity contribution in [2.24, 2.45) is 0 Å². The lowest BCUT2D eigenvalue weighted by molar-refractivity contribution is 0.0698. The summed E-state index contributed by atoms with van der Waals surface area (Å²) in [5, 5.41) is 28.3. The van der Waals surface area contributed by atoms with Gasteiger partial charge in [-0.2, -0.15) is 10.2 Å². The van der Waals surface area contributed by atoms with Gasteiger partial charge in [0.2, 0.25) is 30.0 Å². The Morgan fingerprint density at radius 2 is 1.08 bits per heavy atom. The van der Waals surface area contributed by atoms with Crippen molar-refractivity contribution in [3.8, 4) is 11.1 Å². The van der Waals surface area contributed by atoms with E-state index < -0.39 is 62.7 Å². The molecule has 18 heteroatoms. The highest BCUT2D eigenvalue weighted by atomic mass is 32.2. The number of hydrogen-bond acceptors (Lipinski definition) is 12. The molecule has 16 nitrogen and oxygen atoms in total. The molecule has 0 saturated heterocycles. The maximum absolute atomic E-state index is 13.1. The molecule has 0 radical (unpaired) electrons. The van der Waals surface area contributed by atoms with Crippen LogP contribution in [0, 0.1) is 0 Å². The van der Waals surface area contributed by atoms with Crippen molar-refractivity contribution >= 4 is 31.5 Å². The summed E-state index contributed by atoms with van der Waals surface area (Å²) >= 11 is 0. The monoisotopic (exact) mass is 534 g/mol. The number of aromatic nitrogens is 6. The quantitative estimate of drug-likeness (QED) is 0.130. The average Bonchev–Trinajstić information content (AvgIpc) is 3.62. The van der Waals surface area contributed by atoms with E-state index in [-0.39, 0.29) is 11.1 Å². The first-order chi connectivity index (χ1) is 17.1. The zero-order chi connectivity index (χ0) is 26.1. The summed E-state index contributed by atoms with van der Waals surface area (Å²) in [5.74, 6) is -2.27. The van der Waals surface area contributed by atoms with E-state index in [2.05, 4.69) is 30.4 Å². The van der Waals surface area contributed by atoms with Gasteiger partial charge in [-0.3, -0.25) is 20.0 Å². The van der Waals surface area contributed by atoms with Gasteiger partial charge in [-0.05, 0) is 35.4 Å². The summed E-state index contributed by atoms with van der Waals surface area (Å²) < 4.78 is 52.4. The summed E-state index contributed by atoms with van der Waals surface area (Å²) in [6.45, 7) is 0. The molecule has 0 aliphatic rings. The van der Waals surface area contributed by atoms with Crippen molar-refractivity contribution in [3.63, 3.8) is 0 Å². The van der Waals surface area contributed by atoms with Crippen molar-refractivity contribution in [1.29, 1.82) is 0 Å². The van der Waals surface area contributed by atoms with Crippen LogP contribution in [0.2, 0.25) is 0 Å². The molecule has 0 spiro atoms. The smallest absolute Gasteiger partial charge is 0.275 e. The predicted molar refractivity (Wildman–Crippen MR) is 114 cm³/mol. The van der Waals surface area contributed by atoms with Gasteiger partial charge >= 0.3 is 0 Å². The van der Waals surface area contributed by atoms with Crippen molar-refractivity contribution in [2.45, 2.75) is 20.1 Å². The van der Waals surface area contributed by atoms with E-state index in [1.54, 1.807) is 0 Å². The normalized spacial score (nSPS) is 11.7. The highest BCUT2D eigenvalue weighted by Gasteiger charge is 2.30. The van der Waals surface area contributed by atoms with E-state index in [1.165, 1.54) is 23.1 Å². The van der Waals surface area contributed by atoms with Crippen LogP contribution in [-0.4, -0.2) is 69.4 Å². The van der Waals surface area contributed by atoms with Crippen LogP contribution < -0.4 is 11.0 Å². The minimum Gasteiger partial charge on any atom is -0.288 e. The fraction of sp³-hybridized carbons (Fsp3) is 0. The number of nitrogens with zero attached hydrogens (tertiary/aromatic N) is 4. The van der Waals surface area contributed by atoms with Gasteiger partial charge < -0.3 is 0 Å². The Kier molecular flexibility index (Phi) is 6.33. The van der Waals surface area contributed by atoms with Crippen LogP contribution in [0.15, 0.2) is 69.2 Å². The van der Waals surface area contributed by atoms with Crippen LogP contribution >= 0.6 is 0 Å². The van der Waals surface area contributed by atoms with E-state index in [0.29, 0.717) is 0 Å². The predicted octanol–water partition coefficient (Wildman–Crippen LogP) is -0.507. The second kappa shape index (κ2) is 9.26. The largest absolute Gasteiger partial charge is 0.288 e. The van der Waals surface area contributed by atoms with Crippen molar-refractivity contribution in [3.05, 3.63) is 60.2 Å². The van der Waals surface area contributed by atoms with Crippen LogP contribution in [0.1, 0.15) is 20.7 Å². The molecule has 0 aliphatic carbocycles. The molecule has 186 valence electrons. The topological polar surface area (TPSA) is 250 Å². The van der Waals surface area contributed by atoms with Gasteiger partial charge in [-0.25, -0.2) is 48.0 Å². The number of sulfone groups is 2. The molecule has 4 aromatic rings. The fourth-order valence-corrected chi connectivity index (χ4v) is 5.80. The fourth-order valence-electron chi connectivity index (χ4n) is 3.20. The Labute approximate surface area is 201 Å². The Morgan fingerprint density at radius 1 is 0.694 bits per heavy atom. The summed E-state index contributed by atoms with van der Waals surface area (Å²) in [5.41, 5.74) is 2.04. The third-order valence-electron chi connectivity index (χ3n) is 4.86. The SMILES string of the molecule is O=C(NO)c1ccc(-c2ccc(C(=O)NO)c(S(=O)(=O)c3ncn[nH]3)c2)cc1S(=O)(=O)c1ncn[nH]1. The zero-order valence-corrected chi connectivity index (χ0v) is 19.2. The summed E-state index contributed by atoms with van der Waals surface area (Å²) in [7, 11) is -8.90. The maximum atomic E-state index is 13.1. The minimum atomic E-state index is -4.45. The van der Waals surface area contributed by atoms with E-state index in [9.17, 15) is 26.4 Å². The highest BCUT2D eigenvalue weighted by Crippen LogP contribution is 2.32. The molecule has 0 aliphatic heterocycles. The number of benzene rings is 2. The Morgan fingerprint density at radius 3 is 1.39 bits per heavy atom. The van der Waals surface area contributed by atoms with Crippen molar-refractivity contribution in [1.82, 2.24) is 41.3 Å². The lowest BCUT2D eigenvalue weighted by atomic mass is 10.0. The van der Waals surface area contributed by atoms with Gasteiger partial charge in [0.1, 0.15) is 12.7 Å². The van der Waals surface area contributed by atoms with Gasteiger partial charge in [-0.15, -0.1) is 0 Å². The standard InChI is InChI=1S/C18H14N8O8S2/c27-15(25-29)11-3-1-9(5-13(11)35(31,32)17-19-7-21-23-17)10-2-4-12(16(28)26-30)14(6-10)36(33,34)18-20-8-22-24-18/h1-8,29-30H,(H,25,27)(H,26,28)(H,19,21,23)(H,20,22,24). The summed E-state index contributed by atoms with van der Waals surface area (Å²) in [4.78, 5) is 30.3. The number of carbonyl (C=O) groups is 2. The molecule has 2 aromatic heterocycles. The van der Waals surface area contributed by atoms with Gasteiger partial charge in [-0.1, -0.05) is 12.1 Å². The van der Waals surface area contributed by atoms with Gasteiger partial charge in [0.15, 0.2) is 0 Å². The number of hydrogen-bond donors (Lipinski definition) is 6. The number of rotatable bonds is 7. The number of hydroxylamine groups is 2. The molecule has 2 heterocycles. The Balaban J connectivity index is 1.95. The number of H-pyrrole nitrogens is 2. The number of amides is 2. The maximum Gasteiger partial charge on any atom is 0.275 e. The van der Waals surface area contributed by atoms with E-state index in [1.807, 2.05) is 0 Å². The van der Waals surface area contributed by atoms with Crippen LogP contribution in [0.25, 0.3) is 11.1 Å². The molecule has 2 amide bonds. The first-order valence-corrected chi connectivity index (χ1v) is 12.5. The van der Waals surface area contributed by atoms with Crippen LogP contribution in [0.4, 0.5) is 0 Å². The third kappa shape index (κ3) is 4.20. The molecule has 2 aromatic carbocycles. The first-order valence-electron chi connectivity index (χ1n) is 9.49. The van der Waals surface area contributed by atoms with Gasteiger partial charge in [0.05, 0.1) is 20.9 Å². The lowest BCUT2D eigenvalue weighted by Gasteiger charge is -2.13. The molecule has 0 fully saturated rings. The third-order valence-corrected chi connectivity index (χ3v) is 8.11. The molecular formula is C18H14N8O8S2. The molecular weight excluding hydrogens is 520 g/mol. The Bertz CT molecular complexity index is 1540. The molecule has 6 N–H and O–H groups in total. The second-order valence-electron chi connectivity index (χ2n) is 6.89. The minimum absolute atomic E-state index is 0.104. The van der Waals surface area contributed by atoms with Crippen LogP contribution in [0.5, 0.6) is 0 Å². The van der Waals surface area contributed by atoms with Crippen molar-refractivity contribution in [2.75, 3.05) is 0 Å². The Hall–Kier alpha value is -4.52. The van der Waals surface area contributed by atoms with Crippen LogP contribution in [-0.2, 0) is 19.7 Å². The summed E-state index contributed by atoms with van der Waals surface area (Å²) in [6.07, 6.45) is 1.88. The van der Waals surface area contributed by atoms with E-state index in [0.717, 1.165) is 36.9 Å². The summed E-state index contributed by atoms with van der Waals surface area (Å²) in [6, 6.07) is 6.85. The number of nitrogens with one attached hydrogen (secondary N) is 4.